The molecule has 0 aliphatic heterocycles. The van der Waals surface area contributed by atoms with Crippen LogP contribution in [0.3, 0.4) is 0 Å². The van der Waals surface area contributed by atoms with Gasteiger partial charge in [-0.2, -0.15) is 9.78 Å². The summed E-state index contributed by atoms with van der Waals surface area (Å²) in [6.07, 6.45) is 4.29. The predicted molar refractivity (Wildman–Crippen MR) is 129 cm³/mol. The summed E-state index contributed by atoms with van der Waals surface area (Å²) in [6, 6.07) is 8.94. The Morgan fingerprint density at radius 2 is 2.06 bits per heavy atom. The number of carbonyl (C=O) groups is 1. The maximum Gasteiger partial charge on any atom is 0.308 e. The molecule has 8 heteroatoms. The summed E-state index contributed by atoms with van der Waals surface area (Å²) in [7, 11) is 0. The Labute approximate surface area is 194 Å². The summed E-state index contributed by atoms with van der Waals surface area (Å²) in [5.41, 5.74) is 1.78. The van der Waals surface area contributed by atoms with E-state index in [1.54, 1.807) is 30.5 Å². The molecule has 0 aliphatic rings. The van der Waals surface area contributed by atoms with Crippen LogP contribution in [-0.4, -0.2) is 28.5 Å². The largest absolute Gasteiger partial charge is 0.490 e. The molecular formula is C24H24BrN3O4. The number of hydrogen-bond acceptors (Lipinski definition) is 6. The molecule has 166 valence electrons. The zero-order valence-corrected chi connectivity index (χ0v) is 19.8. The van der Waals surface area contributed by atoms with Gasteiger partial charge >= 0.3 is 5.97 Å². The second-order valence-corrected chi connectivity index (χ2v) is 7.85. The fourth-order valence-corrected chi connectivity index (χ4v) is 3.62. The minimum Gasteiger partial charge on any atom is -0.490 e. The molecule has 0 atom stereocenters. The fourth-order valence-electron chi connectivity index (χ4n) is 3.25. The van der Waals surface area contributed by atoms with E-state index in [-0.39, 0.29) is 5.56 Å². The SMILES string of the molecule is C=CCc1cc(C=Nn2c(CC)nc3ccc(Br)cc3c2=O)cc(OCC)c1OC(C)=O. The second-order valence-electron chi connectivity index (χ2n) is 6.93. The van der Waals surface area contributed by atoms with Gasteiger partial charge in [0.05, 0.1) is 23.7 Å². The molecule has 0 fully saturated rings. The number of fused-ring (bicyclic) bond motifs is 1. The van der Waals surface area contributed by atoms with E-state index >= 15 is 0 Å². The van der Waals surface area contributed by atoms with Crippen molar-refractivity contribution < 1.29 is 14.3 Å². The zero-order chi connectivity index (χ0) is 23.3. The summed E-state index contributed by atoms with van der Waals surface area (Å²) in [4.78, 5) is 29.3. The number of aryl methyl sites for hydroxylation is 1. The first-order valence-electron chi connectivity index (χ1n) is 10.2. The molecule has 1 heterocycles. The third-order valence-electron chi connectivity index (χ3n) is 4.58. The number of carbonyl (C=O) groups excluding carboxylic acids is 1. The quantitative estimate of drug-likeness (QED) is 0.195. The van der Waals surface area contributed by atoms with Crippen molar-refractivity contribution in [3.05, 3.63) is 74.8 Å². The molecule has 2 aromatic carbocycles. The topological polar surface area (TPSA) is 82.8 Å². The highest BCUT2D eigenvalue weighted by molar-refractivity contribution is 9.10. The average molecular weight is 498 g/mol. The monoisotopic (exact) mass is 497 g/mol. The Morgan fingerprint density at radius 3 is 2.72 bits per heavy atom. The van der Waals surface area contributed by atoms with E-state index in [4.69, 9.17) is 9.47 Å². The molecule has 0 spiro atoms. The van der Waals surface area contributed by atoms with Crippen LogP contribution in [0.2, 0.25) is 0 Å². The van der Waals surface area contributed by atoms with Crippen LogP contribution in [0.25, 0.3) is 10.9 Å². The smallest absolute Gasteiger partial charge is 0.308 e. The molecule has 0 amide bonds. The van der Waals surface area contributed by atoms with E-state index in [1.807, 2.05) is 26.0 Å². The molecule has 0 bridgehead atoms. The number of hydrogen-bond donors (Lipinski definition) is 0. The third-order valence-corrected chi connectivity index (χ3v) is 5.07. The minimum absolute atomic E-state index is 0.253. The first-order chi connectivity index (χ1) is 15.4. The highest BCUT2D eigenvalue weighted by Crippen LogP contribution is 2.33. The number of allylic oxidation sites excluding steroid dienone is 1. The first-order valence-corrected chi connectivity index (χ1v) is 11.0. The van der Waals surface area contributed by atoms with Crippen molar-refractivity contribution in [3.8, 4) is 11.5 Å². The maximum absolute atomic E-state index is 13.1. The number of aromatic nitrogens is 2. The molecule has 3 aromatic rings. The highest BCUT2D eigenvalue weighted by Gasteiger charge is 2.15. The highest BCUT2D eigenvalue weighted by atomic mass is 79.9. The van der Waals surface area contributed by atoms with Crippen molar-refractivity contribution in [1.82, 2.24) is 9.66 Å². The molecule has 7 nitrogen and oxygen atoms in total. The molecular weight excluding hydrogens is 474 g/mol. The van der Waals surface area contributed by atoms with Crippen LogP contribution in [0.5, 0.6) is 11.5 Å². The first kappa shape index (κ1) is 23.4. The molecule has 0 aliphatic carbocycles. The lowest BCUT2D eigenvalue weighted by atomic mass is 10.1. The van der Waals surface area contributed by atoms with Gasteiger partial charge in [-0.3, -0.25) is 9.59 Å². The molecule has 1 aromatic heterocycles. The number of nitrogens with zero attached hydrogens (tertiary/aromatic N) is 3. The Morgan fingerprint density at radius 1 is 1.28 bits per heavy atom. The van der Waals surface area contributed by atoms with Crippen LogP contribution >= 0.6 is 15.9 Å². The summed E-state index contributed by atoms with van der Waals surface area (Å²) in [5, 5.41) is 4.91. The minimum atomic E-state index is -0.440. The van der Waals surface area contributed by atoms with Crippen LogP contribution in [0.15, 0.2) is 57.4 Å². The lowest BCUT2D eigenvalue weighted by molar-refractivity contribution is -0.132. The summed E-state index contributed by atoms with van der Waals surface area (Å²) in [6.45, 7) is 9.27. The summed E-state index contributed by atoms with van der Waals surface area (Å²) < 4.78 is 13.2. The Bertz CT molecular complexity index is 1260. The van der Waals surface area contributed by atoms with Crippen LogP contribution in [-0.2, 0) is 17.6 Å². The lowest BCUT2D eigenvalue weighted by Gasteiger charge is -2.15. The van der Waals surface area contributed by atoms with Gasteiger partial charge in [-0.25, -0.2) is 4.98 Å². The van der Waals surface area contributed by atoms with Crippen LogP contribution in [0.4, 0.5) is 0 Å². The van der Waals surface area contributed by atoms with E-state index < -0.39 is 5.97 Å². The van der Waals surface area contributed by atoms with Crippen molar-refractivity contribution >= 4 is 39.0 Å². The molecule has 0 unspecified atom stereocenters. The lowest BCUT2D eigenvalue weighted by Crippen LogP contribution is -2.22. The van der Waals surface area contributed by atoms with Gasteiger partial charge in [0.2, 0.25) is 0 Å². The number of halogens is 1. The van der Waals surface area contributed by atoms with Gasteiger partial charge in [0.1, 0.15) is 5.82 Å². The van der Waals surface area contributed by atoms with E-state index in [1.165, 1.54) is 11.6 Å². The molecule has 0 radical (unpaired) electrons. The third kappa shape index (κ3) is 5.13. The standard InChI is InChI=1S/C24H24BrN3O4/c1-5-8-17-11-16(12-21(31-7-3)23(17)32-15(4)29)14-26-28-22(6-2)27-20-10-9-18(25)13-19(20)24(28)30/h5,9-14H,1,6-8H2,2-4H3. The average Bonchev–Trinajstić information content (AvgIpc) is 2.75. The summed E-state index contributed by atoms with van der Waals surface area (Å²) >= 11 is 3.40. The second kappa shape index (κ2) is 10.4. The van der Waals surface area contributed by atoms with Gasteiger partial charge in [-0.1, -0.05) is 28.9 Å². The zero-order valence-electron chi connectivity index (χ0n) is 18.2. The van der Waals surface area contributed by atoms with Crippen LogP contribution < -0.4 is 15.0 Å². The Kier molecular flexibility index (Phi) is 7.58. The van der Waals surface area contributed by atoms with Gasteiger partial charge in [-0.05, 0) is 49.2 Å². The van der Waals surface area contributed by atoms with Crippen LogP contribution in [0, 0.1) is 0 Å². The van der Waals surface area contributed by atoms with E-state index in [0.717, 1.165) is 10.0 Å². The Balaban J connectivity index is 2.13. The van der Waals surface area contributed by atoms with Crippen molar-refractivity contribution in [2.24, 2.45) is 5.10 Å². The van der Waals surface area contributed by atoms with Gasteiger partial charge in [-0.15, -0.1) is 6.58 Å². The molecule has 0 saturated carbocycles. The van der Waals surface area contributed by atoms with Gasteiger partial charge in [0, 0.05) is 23.4 Å². The normalized spacial score (nSPS) is 11.1. The number of benzene rings is 2. The molecule has 0 N–H and O–H groups in total. The van der Waals surface area contributed by atoms with Gasteiger partial charge in [0.15, 0.2) is 11.5 Å². The van der Waals surface area contributed by atoms with Gasteiger partial charge < -0.3 is 9.47 Å². The molecule has 0 saturated heterocycles. The van der Waals surface area contributed by atoms with E-state index in [9.17, 15) is 9.59 Å². The number of esters is 1. The van der Waals surface area contributed by atoms with Crippen molar-refractivity contribution in [1.29, 1.82) is 0 Å². The molecule has 32 heavy (non-hydrogen) atoms. The predicted octanol–water partition coefficient (Wildman–Crippen LogP) is 4.66. The number of rotatable bonds is 8. The fraction of sp³-hybridized carbons (Fsp3) is 0.250. The van der Waals surface area contributed by atoms with E-state index in [0.29, 0.717) is 53.2 Å². The van der Waals surface area contributed by atoms with Crippen LogP contribution in [0.1, 0.15) is 37.7 Å². The Hall–Kier alpha value is -3.26. The summed E-state index contributed by atoms with van der Waals surface area (Å²) in [5.74, 6) is 0.895. The number of ether oxygens (including phenoxy) is 2. The molecule has 3 rings (SSSR count). The van der Waals surface area contributed by atoms with E-state index in [2.05, 4.69) is 32.6 Å². The van der Waals surface area contributed by atoms with Crippen molar-refractivity contribution in [3.63, 3.8) is 0 Å². The maximum atomic E-state index is 13.1. The van der Waals surface area contributed by atoms with Crippen molar-refractivity contribution in [2.75, 3.05) is 6.61 Å². The van der Waals surface area contributed by atoms with Gasteiger partial charge in [0.25, 0.3) is 5.56 Å². The van der Waals surface area contributed by atoms with Crippen molar-refractivity contribution in [2.45, 2.75) is 33.6 Å².